The Balaban J connectivity index is 2.10. The SMILES string of the molecule is Cc1cccc(C)c1N1CCN(C(N)=NN)CC1. The molecule has 1 aliphatic rings. The summed E-state index contributed by atoms with van der Waals surface area (Å²) < 4.78 is 0. The lowest BCUT2D eigenvalue weighted by Crippen LogP contribution is -2.51. The second-order valence-corrected chi connectivity index (χ2v) is 4.70. The van der Waals surface area contributed by atoms with Crippen LogP contribution in [0.1, 0.15) is 11.1 Å². The van der Waals surface area contributed by atoms with Crippen molar-refractivity contribution in [3.63, 3.8) is 0 Å². The van der Waals surface area contributed by atoms with Crippen LogP contribution in [0.2, 0.25) is 0 Å². The monoisotopic (exact) mass is 247 g/mol. The summed E-state index contributed by atoms with van der Waals surface area (Å²) in [6, 6.07) is 6.41. The highest BCUT2D eigenvalue weighted by atomic mass is 15.4. The van der Waals surface area contributed by atoms with Crippen molar-refractivity contribution in [1.82, 2.24) is 4.90 Å². The summed E-state index contributed by atoms with van der Waals surface area (Å²) in [7, 11) is 0. The zero-order chi connectivity index (χ0) is 13.1. The maximum absolute atomic E-state index is 5.72. The lowest BCUT2D eigenvalue weighted by molar-refractivity contribution is 0.380. The number of rotatable bonds is 1. The first-order chi connectivity index (χ1) is 8.63. The van der Waals surface area contributed by atoms with Crippen molar-refractivity contribution in [3.8, 4) is 0 Å². The molecule has 1 aromatic carbocycles. The van der Waals surface area contributed by atoms with Crippen LogP contribution in [0, 0.1) is 13.8 Å². The number of hydrogen-bond donors (Lipinski definition) is 2. The first-order valence-electron chi connectivity index (χ1n) is 6.23. The van der Waals surface area contributed by atoms with Gasteiger partial charge in [0.05, 0.1) is 0 Å². The Morgan fingerprint density at radius 1 is 1.11 bits per heavy atom. The van der Waals surface area contributed by atoms with Gasteiger partial charge in [0.25, 0.3) is 0 Å². The highest BCUT2D eigenvalue weighted by Gasteiger charge is 2.20. The molecule has 1 aromatic rings. The standard InChI is InChI=1S/C13H21N5/c1-10-4-3-5-11(2)12(10)17-6-8-18(9-7-17)13(14)16-15/h3-5H,6-9,15H2,1-2H3,(H2,14,16). The van der Waals surface area contributed by atoms with Gasteiger partial charge in [-0.2, -0.15) is 0 Å². The van der Waals surface area contributed by atoms with Crippen LogP contribution in [-0.4, -0.2) is 37.0 Å². The molecule has 1 heterocycles. The van der Waals surface area contributed by atoms with Crippen LogP contribution in [0.3, 0.4) is 0 Å². The van der Waals surface area contributed by atoms with Gasteiger partial charge in [-0.3, -0.25) is 0 Å². The van der Waals surface area contributed by atoms with Crippen molar-refractivity contribution in [2.24, 2.45) is 16.7 Å². The second-order valence-electron chi connectivity index (χ2n) is 4.70. The molecular formula is C13H21N5. The molecule has 0 aromatic heterocycles. The third-order valence-corrected chi connectivity index (χ3v) is 3.49. The van der Waals surface area contributed by atoms with E-state index >= 15 is 0 Å². The quantitative estimate of drug-likeness (QED) is 0.330. The lowest BCUT2D eigenvalue weighted by Gasteiger charge is -2.37. The molecule has 4 N–H and O–H groups in total. The number of nitrogens with two attached hydrogens (primary N) is 2. The smallest absolute Gasteiger partial charge is 0.213 e. The van der Waals surface area contributed by atoms with E-state index in [1.165, 1.54) is 16.8 Å². The normalized spacial score (nSPS) is 17.1. The first kappa shape index (κ1) is 12.5. The van der Waals surface area contributed by atoms with Gasteiger partial charge in [-0.1, -0.05) is 18.2 Å². The van der Waals surface area contributed by atoms with E-state index in [1.54, 1.807) is 0 Å². The maximum atomic E-state index is 5.72. The number of guanidine groups is 1. The van der Waals surface area contributed by atoms with E-state index < -0.39 is 0 Å². The average molecular weight is 247 g/mol. The number of nitrogens with zero attached hydrogens (tertiary/aromatic N) is 3. The van der Waals surface area contributed by atoms with Crippen LogP contribution >= 0.6 is 0 Å². The molecule has 0 saturated carbocycles. The van der Waals surface area contributed by atoms with Crippen LogP contribution in [-0.2, 0) is 0 Å². The predicted molar refractivity (Wildman–Crippen MR) is 75.5 cm³/mol. The Hall–Kier alpha value is -1.91. The maximum Gasteiger partial charge on any atom is 0.213 e. The van der Waals surface area contributed by atoms with E-state index in [0.29, 0.717) is 5.96 Å². The van der Waals surface area contributed by atoms with E-state index in [4.69, 9.17) is 11.6 Å². The summed E-state index contributed by atoms with van der Waals surface area (Å²) in [5.74, 6) is 5.63. The predicted octanol–water partition coefficient (Wildman–Crippen LogP) is 0.614. The number of para-hydroxylation sites is 1. The van der Waals surface area contributed by atoms with Crippen molar-refractivity contribution in [2.45, 2.75) is 13.8 Å². The summed E-state index contributed by atoms with van der Waals surface area (Å²) in [5, 5.41) is 3.55. The third kappa shape index (κ3) is 2.34. The van der Waals surface area contributed by atoms with Gasteiger partial charge in [0, 0.05) is 31.9 Å². The van der Waals surface area contributed by atoms with Crippen LogP contribution < -0.4 is 16.5 Å². The molecule has 0 aliphatic carbocycles. The summed E-state index contributed by atoms with van der Waals surface area (Å²) in [5.41, 5.74) is 9.72. The zero-order valence-electron chi connectivity index (χ0n) is 11.1. The minimum atomic E-state index is 0.427. The van der Waals surface area contributed by atoms with Gasteiger partial charge in [0.15, 0.2) is 0 Å². The molecule has 98 valence electrons. The van der Waals surface area contributed by atoms with E-state index in [0.717, 1.165) is 26.2 Å². The fourth-order valence-corrected chi connectivity index (χ4v) is 2.55. The number of aryl methyl sites for hydroxylation is 2. The minimum Gasteiger partial charge on any atom is -0.368 e. The van der Waals surface area contributed by atoms with E-state index in [9.17, 15) is 0 Å². The highest BCUT2D eigenvalue weighted by molar-refractivity contribution is 5.78. The molecule has 0 atom stereocenters. The van der Waals surface area contributed by atoms with E-state index in [2.05, 4.69) is 42.0 Å². The fraction of sp³-hybridized carbons (Fsp3) is 0.462. The highest BCUT2D eigenvalue weighted by Crippen LogP contribution is 2.25. The van der Waals surface area contributed by atoms with Crippen LogP contribution in [0.4, 0.5) is 5.69 Å². The summed E-state index contributed by atoms with van der Waals surface area (Å²) in [4.78, 5) is 4.43. The largest absolute Gasteiger partial charge is 0.368 e. The third-order valence-electron chi connectivity index (χ3n) is 3.49. The van der Waals surface area contributed by atoms with Crippen molar-refractivity contribution < 1.29 is 0 Å². The summed E-state index contributed by atoms with van der Waals surface area (Å²) in [6.45, 7) is 7.93. The molecule has 1 saturated heterocycles. The lowest BCUT2D eigenvalue weighted by atomic mass is 10.1. The number of benzene rings is 1. The molecule has 0 bridgehead atoms. The van der Waals surface area contributed by atoms with Gasteiger partial charge in [0.2, 0.25) is 5.96 Å². The Labute approximate surface area is 108 Å². The Morgan fingerprint density at radius 2 is 1.67 bits per heavy atom. The molecule has 0 radical (unpaired) electrons. The molecule has 0 unspecified atom stereocenters. The van der Waals surface area contributed by atoms with Crippen LogP contribution in [0.25, 0.3) is 0 Å². The van der Waals surface area contributed by atoms with Gasteiger partial charge in [-0.15, -0.1) is 5.10 Å². The fourth-order valence-electron chi connectivity index (χ4n) is 2.55. The molecule has 5 heteroatoms. The molecule has 0 spiro atoms. The van der Waals surface area contributed by atoms with Gasteiger partial charge in [-0.25, -0.2) is 0 Å². The number of piperazine rings is 1. The molecule has 0 amide bonds. The molecule has 18 heavy (non-hydrogen) atoms. The van der Waals surface area contributed by atoms with Crippen LogP contribution in [0.5, 0.6) is 0 Å². The molecule has 1 aliphatic heterocycles. The molecular weight excluding hydrogens is 226 g/mol. The van der Waals surface area contributed by atoms with Gasteiger partial charge in [0.1, 0.15) is 0 Å². The number of hydrazone groups is 1. The molecule has 1 fully saturated rings. The Morgan fingerprint density at radius 3 is 2.17 bits per heavy atom. The van der Waals surface area contributed by atoms with Crippen molar-refractivity contribution >= 4 is 11.6 Å². The van der Waals surface area contributed by atoms with E-state index in [1.807, 2.05) is 4.90 Å². The second kappa shape index (κ2) is 5.16. The first-order valence-corrected chi connectivity index (χ1v) is 6.23. The van der Waals surface area contributed by atoms with Gasteiger partial charge < -0.3 is 21.4 Å². The van der Waals surface area contributed by atoms with Crippen molar-refractivity contribution in [2.75, 3.05) is 31.1 Å². The van der Waals surface area contributed by atoms with Crippen molar-refractivity contribution in [1.29, 1.82) is 0 Å². The molecule has 2 rings (SSSR count). The number of anilines is 1. The van der Waals surface area contributed by atoms with Crippen molar-refractivity contribution in [3.05, 3.63) is 29.3 Å². The topological polar surface area (TPSA) is 70.9 Å². The average Bonchev–Trinajstić information content (AvgIpc) is 2.38. The Bertz CT molecular complexity index is 426. The summed E-state index contributed by atoms with van der Waals surface area (Å²) >= 11 is 0. The van der Waals surface area contributed by atoms with E-state index in [-0.39, 0.29) is 0 Å². The Kier molecular flexibility index (Phi) is 3.60. The molecule has 5 nitrogen and oxygen atoms in total. The summed E-state index contributed by atoms with van der Waals surface area (Å²) in [6.07, 6.45) is 0. The van der Waals surface area contributed by atoms with Crippen LogP contribution in [0.15, 0.2) is 23.3 Å². The van der Waals surface area contributed by atoms with Gasteiger partial charge >= 0.3 is 0 Å². The van der Waals surface area contributed by atoms with Gasteiger partial charge in [-0.05, 0) is 25.0 Å². The minimum absolute atomic E-state index is 0.427. The number of hydrogen-bond acceptors (Lipinski definition) is 3. The zero-order valence-corrected chi connectivity index (χ0v) is 11.1.